The molecule has 1 N–H and O–H groups in total. The number of carbonyl (C=O) groups is 1. The Hall–Kier alpha value is -2.48. The van der Waals surface area contributed by atoms with Crippen molar-refractivity contribution >= 4 is 5.91 Å². The van der Waals surface area contributed by atoms with E-state index < -0.39 is 12.1 Å². The highest BCUT2D eigenvalue weighted by molar-refractivity contribution is 5.95. The lowest BCUT2D eigenvalue weighted by Crippen LogP contribution is -2.43. The summed E-state index contributed by atoms with van der Waals surface area (Å²) >= 11 is 0. The molecule has 0 spiro atoms. The molecule has 1 aromatic heterocycles. The monoisotopic (exact) mass is 479 g/mol. The van der Waals surface area contributed by atoms with Crippen molar-refractivity contribution in [2.75, 3.05) is 7.11 Å². The maximum absolute atomic E-state index is 13.2. The Balaban J connectivity index is 0.000000970. The van der Waals surface area contributed by atoms with Crippen molar-refractivity contribution in [2.45, 2.75) is 89.4 Å². The number of benzene rings is 1. The minimum atomic E-state index is -4.29. The van der Waals surface area contributed by atoms with Gasteiger partial charge < -0.3 is 10.0 Å². The molecular weight excluding hydrogens is 443 g/mol. The van der Waals surface area contributed by atoms with Crippen molar-refractivity contribution < 1.29 is 23.1 Å². The first kappa shape index (κ1) is 27.8. The fourth-order valence-electron chi connectivity index (χ4n) is 4.37. The summed E-state index contributed by atoms with van der Waals surface area (Å²) in [6, 6.07) is 8.17. The minimum absolute atomic E-state index is 0.0666. The van der Waals surface area contributed by atoms with Gasteiger partial charge in [-0.2, -0.15) is 13.2 Å². The van der Waals surface area contributed by atoms with Crippen molar-refractivity contribution in [3.05, 3.63) is 59.7 Å². The molecule has 2 fully saturated rings. The highest BCUT2D eigenvalue weighted by Gasteiger charge is 2.40. The van der Waals surface area contributed by atoms with E-state index in [1.807, 2.05) is 24.8 Å². The number of alkyl halides is 3. The molecule has 2 saturated carbocycles. The number of aliphatic hydroxyl groups is 1. The van der Waals surface area contributed by atoms with Gasteiger partial charge in [-0.3, -0.25) is 4.79 Å². The lowest BCUT2D eigenvalue weighted by atomic mass is 9.84. The lowest BCUT2D eigenvalue weighted by Gasteiger charge is -2.37. The summed E-state index contributed by atoms with van der Waals surface area (Å²) in [5, 5.41) is 7.00. The average molecular weight is 480 g/mol. The summed E-state index contributed by atoms with van der Waals surface area (Å²) in [6.45, 7) is 5.14. The summed E-state index contributed by atoms with van der Waals surface area (Å²) in [4.78, 5) is 24.0. The van der Waals surface area contributed by atoms with Crippen molar-refractivity contribution in [1.82, 2.24) is 14.9 Å². The molecule has 34 heavy (non-hydrogen) atoms. The molecular formula is C26H36F3N3O2. The summed E-state index contributed by atoms with van der Waals surface area (Å²) in [5.74, 6) is -0.420. The smallest absolute Gasteiger partial charge is 0.395 e. The molecule has 188 valence electrons. The summed E-state index contributed by atoms with van der Waals surface area (Å²) < 4.78 is 38.8. The molecule has 5 nitrogen and oxygen atoms in total. The van der Waals surface area contributed by atoms with Crippen LogP contribution >= 0.6 is 0 Å². The molecule has 0 radical (unpaired) electrons. The van der Waals surface area contributed by atoms with Crippen LogP contribution in [0.25, 0.3) is 0 Å². The molecule has 2 aromatic rings. The fraction of sp³-hybridized carbons (Fsp3) is 0.577. The second-order valence-electron chi connectivity index (χ2n) is 8.44. The number of halogens is 3. The van der Waals surface area contributed by atoms with Gasteiger partial charge in [-0.15, -0.1) is 0 Å². The number of rotatable bonds is 5. The molecule has 0 aliphatic heterocycles. The molecule has 1 atom stereocenters. The average Bonchev–Trinajstić information content (AvgIpc) is 3.72. The van der Waals surface area contributed by atoms with Gasteiger partial charge in [-0.25, -0.2) is 9.97 Å². The van der Waals surface area contributed by atoms with Gasteiger partial charge in [0.2, 0.25) is 0 Å². The van der Waals surface area contributed by atoms with Crippen molar-refractivity contribution in [3.63, 3.8) is 0 Å². The maximum atomic E-state index is 13.2. The van der Waals surface area contributed by atoms with Crippen LogP contribution in [0.2, 0.25) is 0 Å². The Kier molecular flexibility index (Phi) is 10.5. The van der Waals surface area contributed by atoms with Gasteiger partial charge in [-0.05, 0) is 69.2 Å². The predicted molar refractivity (Wildman–Crippen MR) is 127 cm³/mol. The van der Waals surface area contributed by atoms with Gasteiger partial charge in [0.25, 0.3) is 5.91 Å². The van der Waals surface area contributed by atoms with Crippen LogP contribution in [0.1, 0.15) is 92.9 Å². The normalized spacial score (nSPS) is 20.7. The zero-order chi connectivity index (χ0) is 25.3. The van der Waals surface area contributed by atoms with Gasteiger partial charge in [0, 0.05) is 43.1 Å². The molecule has 2 aliphatic rings. The first-order valence-electron chi connectivity index (χ1n) is 12.1. The fourth-order valence-corrected chi connectivity index (χ4v) is 4.37. The first-order valence-corrected chi connectivity index (χ1v) is 12.1. The summed E-state index contributed by atoms with van der Waals surface area (Å²) in [6.07, 6.45) is 4.90. The third-order valence-corrected chi connectivity index (χ3v) is 6.36. The van der Waals surface area contributed by atoms with E-state index in [9.17, 15) is 18.0 Å². The number of aromatic nitrogens is 2. The summed E-state index contributed by atoms with van der Waals surface area (Å²) in [7, 11) is 1.00. The van der Waals surface area contributed by atoms with Crippen LogP contribution in [0.3, 0.4) is 0 Å². The van der Waals surface area contributed by atoms with E-state index in [1.54, 1.807) is 24.5 Å². The molecule has 4 rings (SSSR count). The van der Waals surface area contributed by atoms with Crippen molar-refractivity contribution in [3.8, 4) is 0 Å². The summed E-state index contributed by atoms with van der Waals surface area (Å²) in [5.41, 5.74) is 0.647. The van der Waals surface area contributed by atoms with Crippen LogP contribution in [0.4, 0.5) is 13.2 Å². The van der Waals surface area contributed by atoms with Gasteiger partial charge in [0.1, 0.15) is 5.82 Å². The molecule has 8 heteroatoms. The van der Waals surface area contributed by atoms with E-state index in [2.05, 4.69) is 9.97 Å². The predicted octanol–water partition coefficient (Wildman–Crippen LogP) is 6.11. The third kappa shape index (κ3) is 7.01. The zero-order valence-electron chi connectivity index (χ0n) is 20.4. The number of hydrogen-bond acceptors (Lipinski definition) is 4. The largest absolute Gasteiger partial charge is 0.400 e. The first-order chi connectivity index (χ1) is 16.3. The van der Waals surface area contributed by atoms with Crippen LogP contribution in [0.5, 0.6) is 0 Å². The Morgan fingerprint density at radius 2 is 1.41 bits per heavy atom. The highest BCUT2D eigenvalue weighted by Crippen LogP contribution is 2.39. The van der Waals surface area contributed by atoms with Gasteiger partial charge in [-0.1, -0.05) is 26.0 Å². The molecule has 1 heterocycles. The third-order valence-electron chi connectivity index (χ3n) is 6.36. The molecule has 1 aromatic carbocycles. The van der Waals surface area contributed by atoms with E-state index in [0.717, 1.165) is 58.4 Å². The van der Waals surface area contributed by atoms with Crippen LogP contribution in [-0.2, 0) is 0 Å². The topological polar surface area (TPSA) is 66.3 Å². The maximum Gasteiger partial charge on any atom is 0.395 e. The SMILES string of the molecule is CC.CC(c1ccc(C(=O)N(C2CCC(c3ncccn3)CC2)C2CC2)cc1)C(F)(F)F.CO. The van der Waals surface area contributed by atoms with E-state index in [-0.39, 0.29) is 23.6 Å². The van der Waals surface area contributed by atoms with Crippen LogP contribution in [0, 0.1) is 0 Å². The van der Waals surface area contributed by atoms with E-state index in [4.69, 9.17) is 5.11 Å². The molecule has 1 unspecified atom stereocenters. The molecule has 0 saturated heterocycles. The van der Waals surface area contributed by atoms with Gasteiger partial charge in [0.15, 0.2) is 0 Å². The van der Waals surface area contributed by atoms with Crippen molar-refractivity contribution in [2.24, 2.45) is 0 Å². The number of aliphatic hydroxyl groups excluding tert-OH is 1. The quantitative estimate of drug-likeness (QED) is 0.562. The number of hydrogen-bond donors (Lipinski definition) is 1. The molecule has 1 amide bonds. The van der Waals surface area contributed by atoms with E-state index in [0.29, 0.717) is 11.5 Å². The highest BCUT2D eigenvalue weighted by atomic mass is 19.4. The van der Waals surface area contributed by atoms with E-state index >= 15 is 0 Å². The zero-order valence-corrected chi connectivity index (χ0v) is 20.4. The molecule has 2 aliphatic carbocycles. The van der Waals surface area contributed by atoms with Gasteiger partial charge in [0.05, 0.1) is 5.92 Å². The van der Waals surface area contributed by atoms with Crippen LogP contribution in [-0.4, -0.2) is 51.3 Å². The van der Waals surface area contributed by atoms with Crippen molar-refractivity contribution in [1.29, 1.82) is 0 Å². The van der Waals surface area contributed by atoms with E-state index in [1.165, 1.54) is 12.1 Å². The second-order valence-corrected chi connectivity index (χ2v) is 8.44. The minimum Gasteiger partial charge on any atom is -0.400 e. The van der Waals surface area contributed by atoms with Crippen LogP contribution < -0.4 is 0 Å². The number of amides is 1. The Bertz CT molecular complexity index is 863. The standard InChI is InChI=1S/C23H26F3N3O.C2H6.CH4O/c1-15(23(24,25)26)16-3-5-18(6-4-16)22(30)29(20-11-12-20)19-9-7-17(8-10-19)21-27-13-2-14-28-21;2*1-2/h2-6,13-15,17,19-20H,7-12H2,1H3;1-2H3;2H,1H3. The number of carbonyl (C=O) groups excluding carboxylic acids is 1. The van der Waals surface area contributed by atoms with Gasteiger partial charge >= 0.3 is 6.18 Å². The lowest BCUT2D eigenvalue weighted by molar-refractivity contribution is -0.146. The van der Waals surface area contributed by atoms with Crippen LogP contribution in [0.15, 0.2) is 42.7 Å². The Labute approximate surface area is 200 Å². The Morgan fingerprint density at radius 1 is 0.941 bits per heavy atom. The molecule has 0 bridgehead atoms. The second kappa shape index (κ2) is 12.8. The number of nitrogens with zero attached hydrogens (tertiary/aromatic N) is 3. The Morgan fingerprint density at radius 3 is 1.85 bits per heavy atom.